The van der Waals surface area contributed by atoms with Crippen molar-refractivity contribution in [3.63, 3.8) is 0 Å². The van der Waals surface area contributed by atoms with Crippen LogP contribution in [0, 0.1) is 0 Å². The molecule has 0 saturated carbocycles. The van der Waals surface area contributed by atoms with Gasteiger partial charge in [0.2, 0.25) is 5.96 Å². The molecule has 17 heavy (non-hydrogen) atoms. The number of hydrogen-bond acceptors (Lipinski definition) is 4. The van der Waals surface area contributed by atoms with E-state index in [9.17, 15) is 0 Å². The molecule has 0 unspecified atom stereocenters. The van der Waals surface area contributed by atoms with Gasteiger partial charge in [0.05, 0.1) is 0 Å². The van der Waals surface area contributed by atoms with Crippen molar-refractivity contribution in [2.24, 2.45) is 10.8 Å². The molecule has 1 fully saturated rings. The number of rotatable bonds is 5. The third kappa shape index (κ3) is 6.14. The Labute approximate surface area is 108 Å². The summed E-state index contributed by atoms with van der Waals surface area (Å²) in [6, 6.07) is 0. The van der Waals surface area contributed by atoms with Crippen LogP contribution in [0.5, 0.6) is 0 Å². The Morgan fingerprint density at radius 1 is 1.47 bits per heavy atom. The fourth-order valence-electron chi connectivity index (χ4n) is 1.69. The highest BCUT2D eigenvalue weighted by atomic mass is 32.2. The first-order chi connectivity index (χ1) is 8.38. The zero-order valence-electron chi connectivity index (χ0n) is 10.7. The molecule has 0 aromatic carbocycles. The Balaban J connectivity index is 2.31. The Bertz CT molecular complexity index is 218. The van der Waals surface area contributed by atoms with Crippen LogP contribution in [-0.2, 0) is 4.74 Å². The third-order valence-electron chi connectivity index (χ3n) is 2.56. The number of nitrogens with one attached hydrogen (secondary N) is 1. The van der Waals surface area contributed by atoms with Crippen LogP contribution in [-0.4, -0.2) is 55.2 Å². The van der Waals surface area contributed by atoms with Crippen LogP contribution in [0.3, 0.4) is 0 Å². The van der Waals surface area contributed by atoms with E-state index in [4.69, 9.17) is 10.6 Å². The van der Waals surface area contributed by atoms with Crippen LogP contribution in [0.25, 0.3) is 0 Å². The second kappa shape index (κ2) is 9.56. The smallest absolute Gasteiger partial charge is 0.208 e. The maximum atomic E-state index is 5.54. The maximum Gasteiger partial charge on any atom is 0.208 e. The van der Waals surface area contributed by atoms with E-state index in [-0.39, 0.29) is 0 Å². The summed E-state index contributed by atoms with van der Waals surface area (Å²) in [6.07, 6.45) is 2.14. The summed E-state index contributed by atoms with van der Waals surface area (Å²) in [5.74, 6) is 8.75. The number of guanidine groups is 1. The molecule has 0 aromatic rings. The van der Waals surface area contributed by atoms with E-state index in [1.54, 1.807) is 0 Å². The van der Waals surface area contributed by atoms with Crippen molar-refractivity contribution in [1.29, 1.82) is 0 Å². The molecule has 0 radical (unpaired) electrons. The number of hydrazine groups is 1. The summed E-state index contributed by atoms with van der Waals surface area (Å²) in [5.41, 5.74) is 2.72. The second-order valence-corrected chi connectivity index (χ2v) is 5.08. The molecule has 1 rings (SSSR count). The van der Waals surface area contributed by atoms with Crippen molar-refractivity contribution < 1.29 is 4.74 Å². The number of nitrogens with zero attached hydrogens (tertiary/aromatic N) is 2. The Hall–Kier alpha value is -0.460. The lowest BCUT2D eigenvalue weighted by Crippen LogP contribution is -2.45. The minimum absolute atomic E-state index is 0.767. The van der Waals surface area contributed by atoms with Gasteiger partial charge in [-0.25, -0.2) is 5.84 Å². The first-order valence-electron chi connectivity index (χ1n) is 6.30. The van der Waals surface area contributed by atoms with Crippen molar-refractivity contribution in [3.8, 4) is 0 Å². The molecular formula is C11H24N4OS. The number of nitrogens with two attached hydrogens (primary N) is 1. The number of hydrogen-bond donors (Lipinski definition) is 2. The largest absolute Gasteiger partial charge is 0.382 e. The van der Waals surface area contributed by atoms with E-state index in [2.05, 4.69) is 15.3 Å². The van der Waals surface area contributed by atoms with Crippen molar-refractivity contribution >= 4 is 17.7 Å². The van der Waals surface area contributed by atoms with Crippen LogP contribution in [0.2, 0.25) is 0 Å². The summed E-state index contributed by atoms with van der Waals surface area (Å²) in [6.45, 7) is 6.39. The summed E-state index contributed by atoms with van der Waals surface area (Å²) < 4.78 is 5.28. The molecule has 100 valence electrons. The number of ether oxygens (including phenoxy) is 1. The molecule has 1 aliphatic heterocycles. The summed E-state index contributed by atoms with van der Waals surface area (Å²) >= 11 is 2.00. The zero-order chi connectivity index (χ0) is 12.3. The van der Waals surface area contributed by atoms with E-state index < -0.39 is 0 Å². The first kappa shape index (κ1) is 14.6. The topological polar surface area (TPSA) is 62.9 Å². The van der Waals surface area contributed by atoms with E-state index in [1.807, 2.05) is 18.7 Å². The predicted molar refractivity (Wildman–Crippen MR) is 74.3 cm³/mol. The molecule has 0 amide bonds. The van der Waals surface area contributed by atoms with Crippen LogP contribution in [0.1, 0.15) is 19.8 Å². The third-order valence-corrected chi connectivity index (χ3v) is 3.61. The normalized spacial score (nSPS) is 18.0. The van der Waals surface area contributed by atoms with Gasteiger partial charge in [0.15, 0.2) is 0 Å². The van der Waals surface area contributed by atoms with Gasteiger partial charge in [-0.15, -0.1) is 0 Å². The van der Waals surface area contributed by atoms with Gasteiger partial charge >= 0.3 is 0 Å². The quantitative estimate of drug-likeness (QED) is 0.250. The van der Waals surface area contributed by atoms with Crippen molar-refractivity contribution in [1.82, 2.24) is 10.3 Å². The average Bonchev–Trinajstić information content (AvgIpc) is 2.63. The molecule has 0 aromatic heterocycles. The lowest BCUT2D eigenvalue weighted by atomic mass is 10.4. The lowest BCUT2D eigenvalue weighted by molar-refractivity contribution is 0.146. The van der Waals surface area contributed by atoms with Gasteiger partial charge in [-0.2, -0.15) is 11.8 Å². The fourth-order valence-corrected chi connectivity index (χ4v) is 2.58. The van der Waals surface area contributed by atoms with E-state index in [0.717, 1.165) is 51.0 Å². The highest BCUT2D eigenvalue weighted by Gasteiger charge is 2.12. The molecule has 0 aliphatic carbocycles. The molecular weight excluding hydrogens is 236 g/mol. The zero-order valence-corrected chi connectivity index (χ0v) is 11.5. The van der Waals surface area contributed by atoms with E-state index in [1.165, 1.54) is 12.2 Å². The minimum Gasteiger partial charge on any atom is -0.382 e. The SMILES string of the molecule is CCOCCCN=C(NN)N1CCCSCC1. The summed E-state index contributed by atoms with van der Waals surface area (Å²) in [4.78, 5) is 6.73. The molecule has 6 heteroatoms. The van der Waals surface area contributed by atoms with Crippen LogP contribution in [0.4, 0.5) is 0 Å². The minimum atomic E-state index is 0.767. The first-order valence-corrected chi connectivity index (χ1v) is 7.45. The van der Waals surface area contributed by atoms with Crippen molar-refractivity contribution in [2.45, 2.75) is 19.8 Å². The molecule has 1 saturated heterocycles. The predicted octanol–water partition coefficient (Wildman–Crippen LogP) is 0.671. The molecule has 0 spiro atoms. The van der Waals surface area contributed by atoms with Crippen LogP contribution >= 0.6 is 11.8 Å². The van der Waals surface area contributed by atoms with Gasteiger partial charge in [-0.05, 0) is 25.5 Å². The van der Waals surface area contributed by atoms with Gasteiger partial charge in [0, 0.05) is 38.6 Å². The molecule has 3 N–H and O–H groups in total. The van der Waals surface area contributed by atoms with Gasteiger partial charge in [-0.1, -0.05) is 0 Å². The molecule has 0 bridgehead atoms. The highest BCUT2D eigenvalue weighted by molar-refractivity contribution is 7.99. The highest BCUT2D eigenvalue weighted by Crippen LogP contribution is 2.09. The van der Waals surface area contributed by atoms with Gasteiger partial charge in [-0.3, -0.25) is 10.4 Å². The summed E-state index contributed by atoms with van der Waals surface area (Å²) in [7, 11) is 0. The second-order valence-electron chi connectivity index (χ2n) is 3.85. The molecule has 0 atom stereocenters. The molecule has 1 aliphatic rings. The lowest BCUT2D eigenvalue weighted by Gasteiger charge is -2.23. The summed E-state index contributed by atoms with van der Waals surface area (Å²) in [5, 5.41) is 0. The van der Waals surface area contributed by atoms with Crippen molar-refractivity contribution in [3.05, 3.63) is 0 Å². The molecule has 5 nitrogen and oxygen atoms in total. The van der Waals surface area contributed by atoms with Gasteiger partial charge in [0.1, 0.15) is 0 Å². The fraction of sp³-hybridized carbons (Fsp3) is 0.909. The Morgan fingerprint density at radius 3 is 3.12 bits per heavy atom. The number of aliphatic imine (C=N–C) groups is 1. The van der Waals surface area contributed by atoms with Crippen LogP contribution < -0.4 is 11.3 Å². The van der Waals surface area contributed by atoms with Crippen LogP contribution in [0.15, 0.2) is 4.99 Å². The maximum absolute atomic E-state index is 5.54. The van der Waals surface area contributed by atoms with Crippen molar-refractivity contribution in [2.75, 3.05) is 44.4 Å². The number of thioether (sulfide) groups is 1. The molecule has 1 heterocycles. The van der Waals surface area contributed by atoms with E-state index in [0.29, 0.717) is 0 Å². The van der Waals surface area contributed by atoms with Gasteiger partial charge in [0.25, 0.3) is 0 Å². The van der Waals surface area contributed by atoms with Gasteiger partial charge < -0.3 is 9.64 Å². The Morgan fingerprint density at radius 2 is 2.35 bits per heavy atom. The van der Waals surface area contributed by atoms with E-state index >= 15 is 0 Å². The monoisotopic (exact) mass is 260 g/mol. The average molecular weight is 260 g/mol. The standard InChI is InChI=1S/C11H24N4OS/c1-2-16-8-3-5-13-11(14-12)15-6-4-9-17-10-7-15/h2-10,12H2,1H3,(H,13,14). The Kier molecular flexibility index (Phi) is 8.21.